The summed E-state index contributed by atoms with van der Waals surface area (Å²) >= 11 is 1.80. The highest BCUT2D eigenvalue weighted by Crippen LogP contribution is 2.26. The van der Waals surface area contributed by atoms with Crippen molar-refractivity contribution in [1.82, 2.24) is 15.2 Å². The molecule has 1 aliphatic rings. The molecule has 1 fully saturated rings. The molecule has 2 heterocycles. The lowest BCUT2D eigenvalue weighted by atomic mass is 9.98. The quantitative estimate of drug-likeness (QED) is 0.910. The topological polar surface area (TPSA) is 28.2 Å². The van der Waals surface area contributed by atoms with Gasteiger partial charge in [-0.25, -0.2) is 4.98 Å². The fraction of sp³-hybridized carbons (Fsp3) is 0.786. The van der Waals surface area contributed by atoms with Crippen molar-refractivity contribution >= 4 is 11.3 Å². The molecule has 1 aromatic heterocycles. The first-order chi connectivity index (χ1) is 8.47. The Morgan fingerprint density at radius 1 is 1.39 bits per heavy atom. The summed E-state index contributed by atoms with van der Waals surface area (Å²) in [7, 11) is 0. The molecule has 0 spiro atoms. The molecule has 0 radical (unpaired) electrons. The molecular weight excluding hydrogens is 242 g/mol. The maximum absolute atomic E-state index is 4.79. The standard InChI is InChI=1S/C14H25N3S/c1-11(17-7-5-15-6-8-17)9-12-10-18-13(16-12)14(2,3)4/h10-11,15H,5-9H2,1-4H3. The van der Waals surface area contributed by atoms with Gasteiger partial charge < -0.3 is 5.32 Å². The van der Waals surface area contributed by atoms with Crippen molar-refractivity contribution in [3.05, 3.63) is 16.1 Å². The van der Waals surface area contributed by atoms with Gasteiger partial charge in [-0.15, -0.1) is 11.3 Å². The molecule has 1 unspecified atom stereocenters. The van der Waals surface area contributed by atoms with Gasteiger partial charge in [0.05, 0.1) is 10.7 Å². The number of piperazine rings is 1. The van der Waals surface area contributed by atoms with E-state index < -0.39 is 0 Å². The molecule has 4 heteroatoms. The zero-order valence-electron chi connectivity index (χ0n) is 12.0. The highest BCUT2D eigenvalue weighted by Gasteiger charge is 2.21. The maximum Gasteiger partial charge on any atom is 0.0981 e. The molecule has 2 rings (SSSR count). The van der Waals surface area contributed by atoms with Crippen LogP contribution >= 0.6 is 11.3 Å². The summed E-state index contributed by atoms with van der Waals surface area (Å²) in [6, 6.07) is 0.599. The van der Waals surface area contributed by atoms with Gasteiger partial charge in [0.1, 0.15) is 0 Å². The lowest BCUT2D eigenvalue weighted by molar-refractivity contribution is 0.182. The van der Waals surface area contributed by atoms with Crippen LogP contribution < -0.4 is 5.32 Å². The van der Waals surface area contributed by atoms with E-state index in [0.29, 0.717) is 6.04 Å². The van der Waals surface area contributed by atoms with E-state index in [1.165, 1.54) is 10.7 Å². The van der Waals surface area contributed by atoms with Gasteiger partial charge in [0, 0.05) is 49.4 Å². The van der Waals surface area contributed by atoms with Gasteiger partial charge in [0.2, 0.25) is 0 Å². The molecule has 102 valence electrons. The molecule has 1 aromatic rings. The second-order valence-corrected chi connectivity index (χ2v) is 7.09. The Hall–Kier alpha value is -0.450. The Kier molecular flexibility index (Phi) is 4.41. The van der Waals surface area contributed by atoms with Crippen molar-refractivity contribution in [1.29, 1.82) is 0 Å². The van der Waals surface area contributed by atoms with Gasteiger partial charge in [0.15, 0.2) is 0 Å². The molecule has 3 nitrogen and oxygen atoms in total. The van der Waals surface area contributed by atoms with Crippen LogP contribution in [0.25, 0.3) is 0 Å². The highest BCUT2D eigenvalue weighted by atomic mass is 32.1. The molecular formula is C14H25N3S. The van der Waals surface area contributed by atoms with E-state index in [0.717, 1.165) is 32.6 Å². The van der Waals surface area contributed by atoms with E-state index in [9.17, 15) is 0 Å². The number of hydrogen-bond donors (Lipinski definition) is 1. The number of nitrogens with one attached hydrogen (secondary N) is 1. The summed E-state index contributed by atoms with van der Waals surface area (Å²) in [6.45, 7) is 13.6. The van der Waals surface area contributed by atoms with Crippen LogP contribution in [0.5, 0.6) is 0 Å². The largest absolute Gasteiger partial charge is 0.314 e. The van der Waals surface area contributed by atoms with Crippen LogP contribution in [0, 0.1) is 0 Å². The monoisotopic (exact) mass is 267 g/mol. The van der Waals surface area contributed by atoms with Crippen LogP contribution in [0.4, 0.5) is 0 Å². The molecule has 0 amide bonds. The number of nitrogens with zero attached hydrogens (tertiary/aromatic N) is 2. The Bertz CT molecular complexity index is 375. The van der Waals surface area contributed by atoms with E-state index in [-0.39, 0.29) is 5.41 Å². The minimum Gasteiger partial charge on any atom is -0.314 e. The van der Waals surface area contributed by atoms with E-state index in [1.54, 1.807) is 11.3 Å². The van der Waals surface area contributed by atoms with Crippen LogP contribution in [0.2, 0.25) is 0 Å². The van der Waals surface area contributed by atoms with Crippen LogP contribution in [0.15, 0.2) is 5.38 Å². The second kappa shape index (κ2) is 5.68. The van der Waals surface area contributed by atoms with Crippen molar-refractivity contribution in [2.75, 3.05) is 26.2 Å². The highest BCUT2D eigenvalue weighted by molar-refractivity contribution is 7.09. The molecule has 0 aromatic carbocycles. The maximum atomic E-state index is 4.79. The van der Waals surface area contributed by atoms with Crippen LogP contribution in [0.1, 0.15) is 38.4 Å². The third kappa shape index (κ3) is 3.53. The van der Waals surface area contributed by atoms with Crippen LogP contribution in [-0.4, -0.2) is 42.1 Å². The molecule has 1 aliphatic heterocycles. The molecule has 18 heavy (non-hydrogen) atoms. The van der Waals surface area contributed by atoms with Crippen molar-refractivity contribution in [2.24, 2.45) is 0 Å². The van der Waals surface area contributed by atoms with Gasteiger partial charge in [-0.05, 0) is 6.92 Å². The Balaban J connectivity index is 1.94. The Morgan fingerprint density at radius 2 is 2.06 bits per heavy atom. The zero-order chi connectivity index (χ0) is 13.2. The summed E-state index contributed by atoms with van der Waals surface area (Å²) in [6.07, 6.45) is 1.08. The summed E-state index contributed by atoms with van der Waals surface area (Å²) in [5, 5.41) is 6.89. The average molecular weight is 267 g/mol. The Morgan fingerprint density at radius 3 is 2.61 bits per heavy atom. The fourth-order valence-electron chi connectivity index (χ4n) is 2.30. The van der Waals surface area contributed by atoms with Gasteiger partial charge in [-0.3, -0.25) is 4.90 Å². The second-order valence-electron chi connectivity index (χ2n) is 6.23. The summed E-state index contributed by atoms with van der Waals surface area (Å²) in [5.41, 5.74) is 1.44. The molecule has 0 aliphatic carbocycles. The van der Waals surface area contributed by atoms with E-state index in [1.807, 2.05) is 0 Å². The van der Waals surface area contributed by atoms with Crippen molar-refractivity contribution in [3.63, 3.8) is 0 Å². The Labute approximate surface area is 115 Å². The summed E-state index contributed by atoms with van der Waals surface area (Å²) in [4.78, 5) is 7.35. The van der Waals surface area contributed by atoms with Gasteiger partial charge >= 0.3 is 0 Å². The lowest BCUT2D eigenvalue weighted by Gasteiger charge is -2.32. The molecule has 1 N–H and O–H groups in total. The molecule has 1 saturated heterocycles. The summed E-state index contributed by atoms with van der Waals surface area (Å²) in [5.74, 6) is 0. The smallest absolute Gasteiger partial charge is 0.0981 e. The number of thiazole rings is 1. The van der Waals surface area contributed by atoms with Crippen LogP contribution in [-0.2, 0) is 11.8 Å². The van der Waals surface area contributed by atoms with E-state index >= 15 is 0 Å². The number of hydrogen-bond acceptors (Lipinski definition) is 4. The zero-order valence-corrected chi connectivity index (χ0v) is 12.8. The van der Waals surface area contributed by atoms with Gasteiger partial charge in [-0.2, -0.15) is 0 Å². The average Bonchev–Trinajstić information content (AvgIpc) is 2.78. The third-order valence-electron chi connectivity index (χ3n) is 3.47. The number of rotatable bonds is 3. The first-order valence-corrected chi connectivity index (χ1v) is 7.74. The minimum absolute atomic E-state index is 0.182. The van der Waals surface area contributed by atoms with E-state index in [2.05, 4.69) is 43.3 Å². The number of aromatic nitrogens is 1. The fourth-order valence-corrected chi connectivity index (χ4v) is 3.22. The minimum atomic E-state index is 0.182. The first kappa shape index (κ1) is 14.0. The predicted molar refractivity (Wildman–Crippen MR) is 78.4 cm³/mol. The van der Waals surface area contributed by atoms with Crippen molar-refractivity contribution in [2.45, 2.75) is 45.6 Å². The van der Waals surface area contributed by atoms with Gasteiger partial charge in [0.25, 0.3) is 0 Å². The summed E-state index contributed by atoms with van der Waals surface area (Å²) < 4.78 is 0. The lowest BCUT2D eigenvalue weighted by Crippen LogP contribution is -2.48. The molecule has 0 bridgehead atoms. The predicted octanol–water partition coefficient (Wildman–Crippen LogP) is 2.28. The normalized spacial score (nSPS) is 20.0. The molecule has 1 atom stereocenters. The van der Waals surface area contributed by atoms with Gasteiger partial charge in [-0.1, -0.05) is 20.8 Å². The SMILES string of the molecule is CC(Cc1csc(C(C)(C)C)n1)N1CCNCC1. The first-order valence-electron chi connectivity index (χ1n) is 6.86. The van der Waals surface area contributed by atoms with Crippen LogP contribution in [0.3, 0.4) is 0 Å². The molecule has 0 saturated carbocycles. The third-order valence-corrected chi connectivity index (χ3v) is 4.79. The van der Waals surface area contributed by atoms with Crippen molar-refractivity contribution in [3.8, 4) is 0 Å². The van der Waals surface area contributed by atoms with E-state index in [4.69, 9.17) is 4.98 Å². The van der Waals surface area contributed by atoms with Crippen molar-refractivity contribution < 1.29 is 0 Å².